The third-order valence-electron chi connectivity index (χ3n) is 2.33. The van der Waals surface area contributed by atoms with Crippen molar-refractivity contribution >= 4 is 32.9 Å². The molecule has 5 heteroatoms. The van der Waals surface area contributed by atoms with Crippen LogP contribution in [-0.2, 0) is 7.05 Å². The molecule has 0 fully saturated rings. The number of aryl methyl sites for hydroxylation is 2. The second kappa shape index (κ2) is 3.34. The first-order chi connectivity index (χ1) is 7.00. The fourth-order valence-corrected chi connectivity index (χ4v) is 2.17. The van der Waals surface area contributed by atoms with Gasteiger partial charge in [-0.2, -0.15) is 0 Å². The first kappa shape index (κ1) is 10.2. The largest absolute Gasteiger partial charge is 0.475 e. The summed E-state index contributed by atoms with van der Waals surface area (Å²) in [5.74, 6) is -0.949. The zero-order valence-corrected chi connectivity index (χ0v) is 9.87. The van der Waals surface area contributed by atoms with Gasteiger partial charge in [-0.3, -0.25) is 0 Å². The highest BCUT2D eigenvalue weighted by Crippen LogP contribution is 2.23. The SMILES string of the molecule is Cc1cc(Br)cc2c1nc(C(=O)O)n2C. The summed E-state index contributed by atoms with van der Waals surface area (Å²) in [6.07, 6.45) is 0. The average Bonchev–Trinajstić information content (AvgIpc) is 2.44. The fraction of sp³-hybridized carbons (Fsp3) is 0.200. The number of hydrogen-bond acceptors (Lipinski definition) is 2. The number of imidazole rings is 1. The second-order valence-corrected chi connectivity index (χ2v) is 4.31. The number of rotatable bonds is 1. The summed E-state index contributed by atoms with van der Waals surface area (Å²) in [5, 5.41) is 8.93. The molecule has 1 heterocycles. The van der Waals surface area contributed by atoms with E-state index >= 15 is 0 Å². The minimum atomic E-state index is -1.01. The average molecular weight is 269 g/mol. The molecule has 2 rings (SSSR count). The summed E-state index contributed by atoms with van der Waals surface area (Å²) in [6, 6.07) is 3.78. The van der Waals surface area contributed by atoms with Gasteiger partial charge in [0.05, 0.1) is 11.0 Å². The zero-order valence-electron chi connectivity index (χ0n) is 8.28. The Morgan fingerprint density at radius 3 is 2.80 bits per heavy atom. The molecule has 1 aromatic carbocycles. The molecule has 2 aromatic rings. The number of halogens is 1. The number of aromatic carboxylic acids is 1. The molecule has 0 unspecified atom stereocenters. The van der Waals surface area contributed by atoms with Crippen LogP contribution in [0.4, 0.5) is 0 Å². The maximum atomic E-state index is 10.9. The first-order valence-electron chi connectivity index (χ1n) is 4.36. The molecule has 0 amide bonds. The lowest BCUT2D eigenvalue weighted by Gasteiger charge is -1.99. The molecule has 0 atom stereocenters. The van der Waals surface area contributed by atoms with E-state index in [-0.39, 0.29) is 5.82 Å². The van der Waals surface area contributed by atoms with Gasteiger partial charge >= 0.3 is 5.97 Å². The molecule has 1 aromatic heterocycles. The highest BCUT2D eigenvalue weighted by molar-refractivity contribution is 9.10. The van der Waals surface area contributed by atoms with E-state index in [2.05, 4.69) is 20.9 Å². The quantitative estimate of drug-likeness (QED) is 0.864. The number of hydrogen-bond donors (Lipinski definition) is 1. The van der Waals surface area contributed by atoms with Crippen LogP contribution in [0.2, 0.25) is 0 Å². The van der Waals surface area contributed by atoms with Gasteiger partial charge in [0.1, 0.15) is 0 Å². The number of aromatic nitrogens is 2. The van der Waals surface area contributed by atoms with E-state index in [4.69, 9.17) is 5.11 Å². The Bertz CT molecular complexity index is 560. The van der Waals surface area contributed by atoms with E-state index in [0.29, 0.717) is 0 Å². The topological polar surface area (TPSA) is 55.1 Å². The van der Waals surface area contributed by atoms with Gasteiger partial charge in [0, 0.05) is 11.5 Å². The first-order valence-corrected chi connectivity index (χ1v) is 5.16. The third kappa shape index (κ3) is 1.52. The van der Waals surface area contributed by atoms with E-state index in [0.717, 1.165) is 21.1 Å². The highest BCUT2D eigenvalue weighted by atomic mass is 79.9. The fourth-order valence-electron chi connectivity index (χ4n) is 1.61. The standard InChI is InChI=1S/C10H9BrN2O2/c1-5-3-6(11)4-7-8(5)12-9(10(14)15)13(7)2/h3-4H,1-2H3,(H,14,15). The van der Waals surface area contributed by atoms with Crippen molar-refractivity contribution in [2.45, 2.75) is 6.92 Å². The van der Waals surface area contributed by atoms with Gasteiger partial charge in [0.2, 0.25) is 5.82 Å². The van der Waals surface area contributed by atoms with Crippen molar-refractivity contribution < 1.29 is 9.90 Å². The summed E-state index contributed by atoms with van der Waals surface area (Å²) >= 11 is 3.38. The van der Waals surface area contributed by atoms with Crippen molar-refractivity contribution in [1.82, 2.24) is 9.55 Å². The van der Waals surface area contributed by atoms with Crippen LogP contribution in [0.3, 0.4) is 0 Å². The molecule has 1 N–H and O–H groups in total. The van der Waals surface area contributed by atoms with Gasteiger partial charge < -0.3 is 9.67 Å². The van der Waals surface area contributed by atoms with Crippen molar-refractivity contribution in [2.75, 3.05) is 0 Å². The van der Waals surface area contributed by atoms with E-state index in [1.54, 1.807) is 11.6 Å². The summed E-state index contributed by atoms with van der Waals surface area (Å²) < 4.78 is 2.50. The zero-order chi connectivity index (χ0) is 11.2. The van der Waals surface area contributed by atoms with Crippen molar-refractivity contribution in [3.8, 4) is 0 Å². The van der Waals surface area contributed by atoms with E-state index in [1.165, 1.54) is 0 Å². The molecular weight excluding hydrogens is 260 g/mol. The molecule has 0 aliphatic rings. The summed E-state index contributed by atoms with van der Waals surface area (Å²) in [4.78, 5) is 15.0. The van der Waals surface area contributed by atoms with Crippen molar-refractivity contribution in [2.24, 2.45) is 7.05 Å². The monoisotopic (exact) mass is 268 g/mol. The lowest BCUT2D eigenvalue weighted by molar-refractivity contribution is 0.0680. The Labute approximate surface area is 94.7 Å². The van der Waals surface area contributed by atoms with Gasteiger partial charge in [0.25, 0.3) is 0 Å². The van der Waals surface area contributed by atoms with Crippen LogP contribution < -0.4 is 0 Å². The number of carboxylic acid groups (broad SMARTS) is 1. The molecule has 4 nitrogen and oxygen atoms in total. The van der Waals surface area contributed by atoms with E-state index < -0.39 is 5.97 Å². The van der Waals surface area contributed by atoms with Gasteiger partial charge in [0.15, 0.2) is 0 Å². The number of nitrogens with zero attached hydrogens (tertiary/aromatic N) is 2. The predicted molar refractivity (Wildman–Crippen MR) is 60.1 cm³/mol. The maximum Gasteiger partial charge on any atom is 0.372 e. The van der Waals surface area contributed by atoms with Gasteiger partial charge in [-0.25, -0.2) is 9.78 Å². The Kier molecular flexibility index (Phi) is 2.26. The van der Waals surface area contributed by atoms with Crippen LogP contribution in [-0.4, -0.2) is 20.6 Å². The smallest absolute Gasteiger partial charge is 0.372 e. The minimum absolute atomic E-state index is 0.0613. The van der Waals surface area contributed by atoms with Gasteiger partial charge in [-0.15, -0.1) is 0 Å². The van der Waals surface area contributed by atoms with Crippen molar-refractivity contribution in [3.63, 3.8) is 0 Å². The molecule has 78 valence electrons. The number of carbonyl (C=O) groups is 1. The van der Waals surface area contributed by atoms with Crippen LogP contribution in [0.15, 0.2) is 16.6 Å². The van der Waals surface area contributed by atoms with E-state index in [9.17, 15) is 4.79 Å². The third-order valence-corrected chi connectivity index (χ3v) is 2.79. The lowest BCUT2D eigenvalue weighted by Crippen LogP contribution is -2.05. The van der Waals surface area contributed by atoms with Gasteiger partial charge in [-0.05, 0) is 24.6 Å². The van der Waals surface area contributed by atoms with Gasteiger partial charge in [-0.1, -0.05) is 15.9 Å². The molecule has 0 bridgehead atoms. The lowest BCUT2D eigenvalue weighted by atomic mass is 10.2. The Hall–Kier alpha value is -1.36. The maximum absolute atomic E-state index is 10.9. The van der Waals surface area contributed by atoms with Crippen molar-refractivity contribution in [1.29, 1.82) is 0 Å². The molecule has 0 aliphatic heterocycles. The van der Waals surface area contributed by atoms with E-state index in [1.807, 2.05) is 19.1 Å². The number of carboxylic acids is 1. The Morgan fingerprint density at radius 1 is 1.53 bits per heavy atom. The van der Waals surface area contributed by atoms with Crippen LogP contribution in [0.5, 0.6) is 0 Å². The minimum Gasteiger partial charge on any atom is -0.475 e. The summed E-state index contributed by atoms with van der Waals surface area (Å²) in [7, 11) is 1.70. The van der Waals surface area contributed by atoms with Crippen LogP contribution in [0.1, 0.15) is 16.2 Å². The second-order valence-electron chi connectivity index (χ2n) is 3.39. The summed E-state index contributed by atoms with van der Waals surface area (Å²) in [6.45, 7) is 1.91. The Morgan fingerprint density at radius 2 is 2.20 bits per heavy atom. The molecule has 0 saturated carbocycles. The number of benzene rings is 1. The van der Waals surface area contributed by atoms with Crippen LogP contribution in [0.25, 0.3) is 11.0 Å². The molecule has 0 radical (unpaired) electrons. The predicted octanol–water partition coefficient (Wildman–Crippen LogP) is 2.34. The number of fused-ring (bicyclic) bond motifs is 1. The molecule has 0 spiro atoms. The molecule has 15 heavy (non-hydrogen) atoms. The summed E-state index contributed by atoms with van der Waals surface area (Å²) in [5.41, 5.74) is 2.51. The van der Waals surface area contributed by atoms with Crippen LogP contribution in [0, 0.1) is 6.92 Å². The normalized spacial score (nSPS) is 10.9. The van der Waals surface area contributed by atoms with Crippen molar-refractivity contribution in [3.05, 3.63) is 28.0 Å². The van der Waals surface area contributed by atoms with Crippen LogP contribution >= 0.6 is 15.9 Å². The molecular formula is C10H9BrN2O2. The Balaban J connectivity index is 2.88. The highest BCUT2D eigenvalue weighted by Gasteiger charge is 2.15. The molecule has 0 saturated heterocycles. The molecule has 0 aliphatic carbocycles.